The van der Waals surface area contributed by atoms with Gasteiger partial charge in [0.2, 0.25) is 0 Å². The van der Waals surface area contributed by atoms with E-state index in [1.807, 2.05) is 0 Å². The molecule has 0 aromatic heterocycles. The van der Waals surface area contributed by atoms with Gasteiger partial charge in [0, 0.05) is 0 Å². The Hall–Kier alpha value is -1.06. The number of ether oxygens (including phenoxy) is 2. The van der Waals surface area contributed by atoms with Crippen LogP contribution < -0.4 is 0 Å². The molecule has 0 aromatic carbocycles. The third-order valence-electron chi connectivity index (χ3n) is 1.51. The summed E-state index contributed by atoms with van der Waals surface area (Å²) in [5.74, 6) is -0.514. The highest BCUT2D eigenvalue weighted by Gasteiger charge is 2.01. The van der Waals surface area contributed by atoms with Gasteiger partial charge in [-0.3, -0.25) is 0 Å². The van der Waals surface area contributed by atoms with E-state index in [0.717, 1.165) is 32.2 Å². The molecule has 0 N–H and O–H groups in total. The number of rotatable bonds is 8. The van der Waals surface area contributed by atoms with Crippen LogP contribution >= 0.6 is 0 Å². The van der Waals surface area contributed by atoms with Crippen LogP contribution in [0, 0.1) is 0 Å². The minimum atomic E-state index is -0.514. The second-order valence-corrected chi connectivity index (χ2v) is 2.65. The lowest BCUT2D eigenvalue weighted by Gasteiger charge is -2.02. The molecular weight excluding hydrogens is 172 g/mol. The van der Waals surface area contributed by atoms with Crippen LogP contribution in [0.5, 0.6) is 0 Å². The summed E-state index contributed by atoms with van der Waals surface area (Å²) in [4.78, 5) is 20.3. The van der Waals surface area contributed by atoms with Gasteiger partial charge in [-0.1, -0.05) is 26.2 Å². The smallest absolute Gasteiger partial charge is 0.418 e. The average molecular weight is 187 g/mol. The van der Waals surface area contributed by atoms with Gasteiger partial charge in [0.15, 0.2) is 6.61 Å². The van der Waals surface area contributed by atoms with Crippen molar-refractivity contribution < 1.29 is 19.1 Å². The Morgan fingerprint density at radius 3 is 2.69 bits per heavy atom. The molecule has 75 valence electrons. The number of hydrogen-bond donors (Lipinski definition) is 0. The minimum absolute atomic E-state index is 0.336. The summed E-state index contributed by atoms with van der Waals surface area (Å²) >= 11 is 0. The molecule has 0 amide bonds. The molecule has 0 atom stereocenters. The lowest BCUT2D eigenvalue weighted by molar-refractivity contribution is -0.146. The van der Waals surface area contributed by atoms with Crippen molar-refractivity contribution in [1.82, 2.24) is 0 Å². The number of carbonyl (C=O) groups excluding carboxylic acids is 2. The first-order chi connectivity index (χ1) is 6.31. The van der Waals surface area contributed by atoms with Gasteiger partial charge in [0.1, 0.15) is 0 Å². The van der Waals surface area contributed by atoms with Crippen molar-refractivity contribution in [3.63, 3.8) is 0 Å². The fourth-order valence-corrected chi connectivity index (χ4v) is 0.845. The van der Waals surface area contributed by atoms with Crippen LogP contribution in [0.15, 0.2) is 0 Å². The van der Waals surface area contributed by atoms with Crippen LogP contribution in [0.2, 0.25) is 0 Å². The van der Waals surface area contributed by atoms with E-state index in [2.05, 4.69) is 11.7 Å². The Kier molecular flexibility index (Phi) is 8.30. The second kappa shape index (κ2) is 9.03. The highest BCUT2D eigenvalue weighted by molar-refractivity contribution is 5.71. The Morgan fingerprint density at radius 1 is 1.31 bits per heavy atom. The Balaban J connectivity index is 3.12. The number of hydrogen-bond acceptors (Lipinski definition) is 4. The zero-order valence-corrected chi connectivity index (χ0v) is 7.88. The van der Waals surface area contributed by atoms with Crippen molar-refractivity contribution in [3.8, 4) is 0 Å². The predicted molar refractivity (Wildman–Crippen MR) is 46.7 cm³/mol. The molecule has 0 rings (SSSR count). The van der Waals surface area contributed by atoms with Crippen molar-refractivity contribution in [1.29, 1.82) is 0 Å². The van der Waals surface area contributed by atoms with E-state index in [9.17, 15) is 9.59 Å². The van der Waals surface area contributed by atoms with Crippen molar-refractivity contribution in [2.45, 2.75) is 32.6 Å². The van der Waals surface area contributed by atoms with Crippen LogP contribution in [-0.2, 0) is 19.1 Å². The molecule has 0 fully saturated rings. The molecule has 0 saturated heterocycles. The van der Waals surface area contributed by atoms with E-state index in [4.69, 9.17) is 4.74 Å². The van der Waals surface area contributed by atoms with Crippen LogP contribution in [0.25, 0.3) is 0 Å². The molecule has 4 heteroatoms. The maximum atomic E-state index is 10.7. The summed E-state index contributed by atoms with van der Waals surface area (Å²) in [7, 11) is 0. The van der Waals surface area contributed by atoms with Crippen LogP contribution in [-0.4, -0.2) is 25.7 Å². The molecule has 0 aromatic rings. The predicted octanol–water partition coefficient (Wildman–Crippen LogP) is 1.19. The number of carbonyl (C=O) groups is 1. The molecular formula is C9H15O4. The summed E-state index contributed by atoms with van der Waals surface area (Å²) in [5, 5.41) is 0. The van der Waals surface area contributed by atoms with Gasteiger partial charge in [0.05, 0.1) is 6.61 Å². The number of unbranched alkanes of at least 4 members (excludes halogenated alkanes) is 3. The van der Waals surface area contributed by atoms with Gasteiger partial charge in [-0.25, -0.2) is 9.59 Å². The van der Waals surface area contributed by atoms with Crippen molar-refractivity contribution in [3.05, 3.63) is 0 Å². The van der Waals surface area contributed by atoms with Gasteiger partial charge in [-0.15, -0.1) is 0 Å². The van der Waals surface area contributed by atoms with Crippen LogP contribution in [0.4, 0.5) is 0 Å². The molecule has 0 heterocycles. The summed E-state index contributed by atoms with van der Waals surface area (Å²) in [6.07, 6.45) is 4.22. The van der Waals surface area contributed by atoms with Crippen LogP contribution in [0.1, 0.15) is 32.6 Å². The Bertz CT molecular complexity index is 145. The summed E-state index contributed by atoms with van der Waals surface area (Å²) in [6.45, 7) is 3.34. The zero-order valence-electron chi connectivity index (χ0n) is 7.88. The van der Waals surface area contributed by atoms with Gasteiger partial charge < -0.3 is 9.47 Å². The first-order valence-electron chi connectivity index (χ1n) is 4.45. The Labute approximate surface area is 78.2 Å². The van der Waals surface area contributed by atoms with E-state index in [1.54, 1.807) is 0 Å². The maximum absolute atomic E-state index is 10.7. The molecule has 0 unspecified atom stereocenters. The topological polar surface area (TPSA) is 52.6 Å². The summed E-state index contributed by atoms with van der Waals surface area (Å²) < 4.78 is 8.84. The van der Waals surface area contributed by atoms with E-state index < -0.39 is 5.97 Å². The molecule has 0 bridgehead atoms. The van der Waals surface area contributed by atoms with Gasteiger partial charge >= 0.3 is 12.4 Å². The molecule has 0 saturated carbocycles. The third kappa shape index (κ3) is 8.85. The number of esters is 1. The zero-order chi connectivity index (χ0) is 9.94. The van der Waals surface area contributed by atoms with Crippen molar-refractivity contribution >= 4 is 12.4 Å². The van der Waals surface area contributed by atoms with E-state index in [0.29, 0.717) is 6.61 Å². The molecule has 0 aliphatic rings. The summed E-state index contributed by atoms with van der Waals surface area (Å²) in [5.41, 5.74) is 0. The van der Waals surface area contributed by atoms with Gasteiger partial charge in [0.25, 0.3) is 0 Å². The highest BCUT2D eigenvalue weighted by Crippen LogP contribution is 1.98. The quantitative estimate of drug-likeness (QED) is 0.423. The normalized spacial score (nSPS) is 9.31. The fraction of sp³-hybridized carbons (Fsp3) is 0.778. The summed E-state index contributed by atoms with van der Waals surface area (Å²) in [6, 6.07) is 0. The molecule has 0 aliphatic heterocycles. The minimum Gasteiger partial charge on any atom is -0.463 e. The molecule has 0 aliphatic carbocycles. The van der Waals surface area contributed by atoms with Gasteiger partial charge in [-0.2, -0.15) is 0 Å². The van der Waals surface area contributed by atoms with E-state index >= 15 is 0 Å². The lowest BCUT2D eigenvalue weighted by Crippen LogP contribution is -2.12. The SMILES string of the molecule is CCCCCCOC(=O)CO[C]=O. The monoisotopic (exact) mass is 187 g/mol. The van der Waals surface area contributed by atoms with E-state index in [1.165, 1.54) is 0 Å². The standard InChI is InChI=1S/C9H15O4/c1-2-3-4-5-6-13-9(11)7-12-8-10/h2-7H2,1H3. The third-order valence-corrected chi connectivity index (χ3v) is 1.51. The van der Waals surface area contributed by atoms with Crippen LogP contribution in [0.3, 0.4) is 0 Å². The molecule has 4 nitrogen and oxygen atoms in total. The highest BCUT2D eigenvalue weighted by atomic mass is 16.6. The maximum Gasteiger partial charge on any atom is 0.418 e. The van der Waals surface area contributed by atoms with E-state index in [-0.39, 0.29) is 6.61 Å². The van der Waals surface area contributed by atoms with Gasteiger partial charge in [-0.05, 0) is 6.42 Å². The Morgan fingerprint density at radius 2 is 2.08 bits per heavy atom. The van der Waals surface area contributed by atoms with Crippen molar-refractivity contribution in [2.24, 2.45) is 0 Å². The fourth-order valence-electron chi connectivity index (χ4n) is 0.845. The van der Waals surface area contributed by atoms with Crippen molar-refractivity contribution in [2.75, 3.05) is 13.2 Å². The molecule has 1 radical (unpaired) electrons. The first-order valence-corrected chi connectivity index (χ1v) is 4.45. The first kappa shape index (κ1) is 11.9. The molecule has 13 heavy (non-hydrogen) atoms. The lowest BCUT2D eigenvalue weighted by atomic mass is 10.2. The second-order valence-electron chi connectivity index (χ2n) is 2.65. The largest absolute Gasteiger partial charge is 0.463 e. The molecule has 0 spiro atoms. The average Bonchev–Trinajstić information content (AvgIpc) is 2.14.